The topological polar surface area (TPSA) is 52.2 Å². The predicted molar refractivity (Wildman–Crippen MR) is 81.3 cm³/mol. The van der Waals surface area contributed by atoms with Crippen LogP contribution in [0.5, 0.6) is 0 Å². The van der Waals surface area contributed by atoms with E-state index >= 15 is 0 Å². The first-order valence-electron chi connectivity index (χ1n) is 6.06. The quantitative estimate of drug-likeness (QED) is 0.677. The van der Waals surface area contributed by atoms with Crippen molar-refractivity contribution in [3.8, 4) is 0 Å². The third kappa shape index (κ3) is 2.37. The molecule has 0 aliphatic rings. The number of rotatable bonds is 2. The molecule has 0 saturated heterocycles. The van der Waals surface area contributed by atoms with Crippen LogP contribution < -0.4 is 5.76 Å². The lowest BCUT2D eigenvalue weighted by Gasteiger charge is -2.03. The highest BCUT2D eigenvalue weighted by Gasteiger charge is 2.14. The lowest BCUT2D eigenvalue weighted by atomic mass is 10.0. The third-order valence-electron chi connectivity index (χ3n) is 3.24. The van der Waals surface area contributed by atoms with Crippen LogP contribution >= 0.6 is 23.2 Å². The summed E-state index contributed by atoms with van der Waals surface area (Å²) in [7, 11) is 1.61. The number of fused-ring (bicyclic) bond motifs is 1. The van der Waals surface area contributed by atoms with Crippen LogP contribution in [0.3, 0.4) is 0 Å². The second kappa shape index (κ2) is 5.06. The van der Waals surface area contributed by atoms with Gasteiger partial charge in [-0.3, -0.25) is 9.36 Å². The smallest absolute Gasteiger partial charge is 0.408 e. The summed E-state index contributed by atoms with van der Waals surface area (Å²) in [5, 5.41) is 0.701. The maximum absolute atomic E-state index is 12.4. The van der Waals surface area contributed by atoms with E-state index in [1.54, 1.807) is 37.4 Å². The van der Waals surface area contributed by atoms with Crippen LogP contribution in [0.4, 0.5) is 0 Å². The van der Waals surface area contributed by atoms with E-state index in [4.69, 9.17) is 27.6 Å². The summed E-state index contributed by atoms with van der Waals surface area (Å²) in [6.45, 7) is 0. The molecule has 0 fully saturated rings. The van der Waals surface area contributed by atoms with Gasteiger partial charge in [0, 0.05) is 18.2 Å². The fourth-order valence-electron chi connectivity index (χ4n) is 2.08. The Bertz CT molecular complexity index is 924. The van der Waals surface area contributed by atoms with Gasteiger partial charge in [0.2, 0.25) is 0 Å². The van der Waals surface area contributed by atoms with Crippen molar-refractivity contribution in [2.24, 2.45) is 7.05 Å². The maximum Gasteiger partial charge on any atom is 0.419 e. The molecule has 0 aliphatic carbocycles. The summed E-state index contributed by atoms with van der Waals surface area (Å²) in [6, 6.07) is 9.53. The second-order valence-corrected chi connectivity index (χ2v) is 5.38. The molecule has 0 saturated carbocycles. The number of hydrogen-bond donors (Lipinski definition) is 0. The van der Waals surface area contributed by atoms with Crippen molar-refractivity contribution < 1.29 is 9.21 Å². The molecule has 1 heterocycles. The van der Waals surface area contributed by atoms with Gasteiger partial charge in [0.1, 0.15) is 0 Å². The molecular formula is C15H9Cl2NO3. The molecule has 0 N–H and O–H groups in total. The lowest BCUT2D eigenvalue weighted by Crippen LogP contribution is -2.08. The largest absolute Gasteiger partial charge is 0.419 e. The number of nitrogens with zero attached hydrogens (tertiary/aromatic N) is 1. The Morgan fingerprint density at radius 1 is 1.05 bits per heavy atom. The van der Waals surface area contributed by atoms with Crippen molar-refractivity contribution >= 4 is 40.1 Å². The molecule has 3 aromatic rings. The summed E-state index contributed by atoms with van der Waals surface area (Å²) in [4.78, 5) is 23.9. The molecule has 4 nitrogen and oxygen atoms in total. The van der Waals surface area contributed by atoms with Gasteiger partial charge in [-0.25, -0.2) is 4.79 Å². The molecule has 0 aliphatic heterocycles. The number of oxazole rings is 1. The van der Waals surface area contributed by atoms with E-state index in [0.717, 1.165) is 0 Å². The number of carbonyl (C=O) groups is 1. The summed E-state index contributed by atoms with van der Waals surface area (Å²) < 4.78 is 6.45. The zero-order chi connectivity index (χ0) is 15.1. The van der Waals surface area contributed by atoms with Gasteiger partial charge in [0.15, 0.2) is 11.4 Å². The minimum atomic E-state index is -0.468. The molecule has 0 spiro atoms. The zero-order valence-electron chi connectivity index (χ0n) is 10.9. The first kappa shape index (κ1) is 13.9. The molecule has 0 radical (unpaired) electrons. The summed E-state index contributed by atoms with van der Waals surface area (Å²) in [5.74, 6) is -0.689. The highest BCUT2D eigenvalue weighted by molar-refractivity contribution is 6.42. The van der Waals surface area contributed by atoms with E-state index in [0.29, 0.717) is 32.3 Å². The Balaban J connectivity index is 2.09. The number of halogens is 2. The first-order valence-corrected chi connectivity index (χ1v) is 6.82. The first-order chi connectivity index (χ1) is 9.97. The van der Waals surface area contributed by atoms with Crippen molar-refractivity contribution in [1.82, 2.24) is 4.57 Å². The predicted octanol–water partition coefficient (Wildman–Crippen LogP) is 3.67. The van der Waals surface area contributed by atoms with E-state index in [1.807, 2.05) is 0 Å². The molecule has 106 valence electrons. The van der Waals surface area contributed by atoms with Gasteiger partial charge in [0.05, 0.1) is 15.6 Å². The fraction of sp³-hybridized carbons (Fsp3) is 0.0667. The Morgan fingerprint density at radius 3 is 2.43 bits per heavy atom. The molecule has 0 amide bonds. The second-order valence-electron chi connectivity index (χ2n) is 4.57. The average molecular weight is 322 g/mol. The number of aryl methyl sites for hydroxylation is 1. The van der Waals surface area contributed by atoms with Crippen LogP contribution in [0, 0.1) is 0 Å². The van der Waals surface area contributed by atoms with Gasteiger partial charge in [-0.2, -0.15) is 0 Å². The average Bonchev–Trinajstić information content (AvgIpc) is 2.76. The number of carbonyl (C=O) groups excluding carboxylic acids is 1. The molecule has 6 heteroatoms. The molecule has 0 unspecified atom stereocenters. The summed E-state index contributed by atoms with van der Waals surface area (Å²) in [5.41, 5.74) is 1.83. The van der Waals surface area contributed by atoms with Crippen LogP contribution in [0.25, 0.3) is 11.1 Å². The Kier molecular flexibility index (Phi) is 3.35. The molecule has 0 bridgehead atoms. The Morgan fingerprint density at radius 2 is 1.71 bits per heavy atom. The van der Waals surface area contributed by atoms with Crippen LogP contribution in [-0.2, 0) is 7.05 Å². The fourth-order valence-corrected chi connectivity index (χ4v) is 2.38. The van der Waals surface area contributed by atoms with E-state index in [9.17, 15) is 9.59 Å². The van der Waals surface area contributed by atoms with Crippen molar-refractivity contribution in [1.29, 1.82) is 0 Å². The van der Waals surface area contributed by atoms with Crippen LogP contribution in [0.15, 0.2) is 45.6 Å². The zero-order valence-corrected chi connectivity index (χ0v) is 12.4. The van der Waals surface area contributed by atoms with Crippen LogP contribution in [-0.4, -0.2) is 10.4 Å². The monoisotopic (exact) mass is 321 g/mol. The number of aromatic nitrogens is 1. The van der Waals surface area contributed by atoms with Gasteiger partial charge in [-0.15, -0.1) is 0 Å². The van der Waals surface area contributed by atoms with E-state index in [2.05, 4.69) is 0 Å². The molecule has 3 rings (SSSR count). The van der Waals surface area contributed by atoms with Gasteiger partial charge in [-0.1, -0.05) is 23.2 Å². The van der Waals surface area contributed by atoms with Crippen molar-refractivity contribution in [2.75, 3.05) is 0 Å². The highest BCUT2D eigenvalue weighted by atomic mass is 35.5. The Labute approximate surface area is 129 Å². The SMILES string of the molecule is Cn1c(=O)oc2cc(C(=O)c3ccc(Cl)c(Cl)c3)ccc21. The molecule has 0 atom stereocenters. The van der Waals surface area contributed by atoms with Crippen LogP contribution in [0.2, 0.25) is 10.0 Å². The molecular weight excluding hydrogens is 313 g/mol. The molecule has 21 heavy (non-hydrogen) atoms. The number of ketones is 1. The van der Waals surface area contributed by atoms with Crippen LogP contribution in [0.1, 0.15) is 15.9 Å². The van der Waals surface area contributed by atoms with Gasteiger partial charge in [0.25, 0.3) is 0 Å². The highest BCUT2D eigenvalue weighted by Crippen LogP contribution is 2.24. The maximum atomic E-state index is 12.4. The van der Waals surface area contributed by atoms with E-state index < -0.39 is 5.76 Å². The van der Waals surface area contributed by atoms with Crippen molar-refractivity contribution in [3.63, 3.8) is 0 Å². The van der Waals surface area contributed by atoms with Crippen molar-refractivity contribution in [3.05, 3.63) is 68.1 Å². The lowest BCUT2D eigenvalue weighted by molar-refractivity contribution is 0.103. The van der Waals surface area contributed by atoms with E-state index in [1.165, 1.54) is 10.6 Å². The number of benzene rings is 2. The van der Waals surface area contributed by atoms with Gasteiger partial charge < -0.3 is 4.42 Å². The third-order valence-corrected chi connectivity index (χ3v) is 3.98. The Hall–Kier alpha value is -2.04. The normalized spacial score (nSPS) is 11.0. The standard InChI is InChI=1S/C15H9Cl2NO3/c1-18-12-5-3-9(7-13(12)21-15(18)20)14(19)8-2-4-10(16)11(17)6-8/h2-7H,1H3. The van der Waals surface area contributed by atoms with Gasteiger partial charge >= 0.3 is 5.76 Å². The minimum absolute atomic E-state index is 0.220. The number of hydrogen-bond acceptors (Lipinski definition) is 3. The minimum Gasteiger partial charge on any atom is -0.408 e. The van der Waals surface area contributed by atoms with E-state index in [-0.39, 0.29) is 5.78 Å². The molecule has 2 aromatic carbocycles. The van der Waals surface area contributed by atoms with Crippen molar-refractivity contribution in [2.45, 2.75) is 0 Å². The summed E-state index contributed by atoms with van der Waals surface area (Å²) in [6.07, 6.45) is 0. The summed E-state index contributed by atoms with van der Waals surface area (Å²) >= 11 is 11.8. The van der Waals surface area contributed by atoms with Gasteiger partial charge in [-0.05, 0) is 36.4 Å². The molecule has 1 aromatic heterocycles.